The van der Waals surface area contributed by atoms with Crippen LogP contribution in [-0.4, -0.2) is 41.0 Å². The third-order valence-corrected chi connectivity index (χ3v) is 2.80. The third-order valence-electron chi connectivity index (χ3n) is 2.80. The van der Waals surface area contributed by atoms with Gasteiger partial charge in [-0.15, -0.1) is 0 Å². The molecular weight excluding hydrogens is 304 g/mol. The number of ether oxygens (including phenoxy) is 2. The summed E-state index contributed by atoms with van der Waals surface area (Å²) in [6.07, 6.45) is -1.11. The van der Waals surface area contributed by atoms with E-state index < -0.39 is 24.2 Å². The highest BCUT2D eigenvalue weighted by Gasteiger charge is 2.19. The summed E-state index contributed by atoms with van der Waals surface area (Å²) in [5.74, 6) is -2.74. The molecule has 0 radical (unpaired) electrons. The molecule has 0 bridgehead atoms. The highest BCUT2D eigenvalue weighted by atomic mass is 16.6. The molecule has 0 amide bonds. The summed E-state index contributed by atoms with van der Waals surface area (Å²) in [7, 11) is 0. The maximum absolute atomic E-state index is 11.9. The van der Waals surface area contributed by atoms with E-state index in [0.29, 0.717) is 0 Å². The number of aliphatic hydroxyl groups is 1. The number of hydrogen-bond acceptors (Lipinski definition) is 6. The second-order valence-electron chi connectivity index (χ2n) is 4.77. The van der Waals surface area contributed by atoms with E-state index in [4.69, 9.17) is 14.6 Å². The van der Waals surface area contributed by atoms with E-state index in [1.165, 1.54) is 31.2 Å². The van der Waals surface area contributed by atoms with Gasteiger partial charge in [0.2, 0.25) is 6.29 Å². The van der Waals surface area contributed by atoms with Crippen LogP contribution in [0, 0.1) is 0 Å². The average Bonchev–Trinajstić information content (AvgIpc) is 2.51. The molecule has 7 nitrogen and oxygen atoms in total. The Balaban J connectivity index is 2.47. The van der Waals surface area contributed by atoms with Gasteiger partial charge in [-0.25, -0.2) is 14.4 Å². The normalized spacial score (nSPS) is 11.4. The topological polar surface area (TPSA) is 110 Å². The van der Waals surface area contributed by atoms with Crippen LogP contribution in [0.4, 0.5) is 0 Å². The molecule has 124 valence electrons. The van der Waals surface area contributed by atoms with Gasteiger partial charge < -0.3 is 19.7 Å². The minimum atomic E-state index is -1.42. The van der Waals surface area contributed by atoms with E-state index in [1.807, 2.05) is 0 Å². The molecule has 1 rings (SSSR count). The first-order chi connectivity index (χ1) is 10.8. The Hall–Kier alpha value is -2.67. The molecule has 1 atom stereocenters. The van der Waals surface area contributed by atoms with Crippen molar-refractivity contribution in [3.63, 3.8) is 0 Å². The van der Waals surface area contributed by atoms with E-state index >= 15 is 0 Å². The number of rotatable bonds is 8. The van der Waals surface area contributed by atoms with E-state index in [2.05, 4.69) is 6.58 Å². The van der Waals surface area contributed by atoms with Gasteiger partial charge in [0.1, 0.15) is 0 Å². The Kier molecular flexibility index (Phi) is 6.95. The van der Waals surface area contributed by atoms with Gasteiger partial charge in [0.15, 0.2) is 0 Å². The molecule has 7 heteroatoms. The van der Waals surface area contributed by atoms with E-state index in [-0.39, 0.29) is 36.1 Å². The molecule has 0 aliphatic rings. The molecule has 0 saturated heterocycles. The molecule has 23 heavy (non-hydrogen) atoms. The van der Waals surface area contributed by atoms with Crippen molar-refractivity contribution in [2.45, 2.75) is 26.1 Å². The zero-order valence-corrected chi connectivity index (χ0v) is 12.7. The Morgan fingerprint density at radius 3 is 2.39 bits per heavy atom. The number of hydrogen-bond donors (Lipinski definition) is 2. The SMILES string of the molecule is C=C(C)C(=O)OCCCC(O)OC(=O)c1ccccc1C(=O)O. The van der Waals surface area contributed by atoms with E-state index in [1.54, 1.807) is 0 Å². The van der Waals surface area contributed by atoms with Crippen molar-refractivity contribution >= 4 is 17.9 Å². The second-order valence-corrected chi connectivity index (χ2v) is 4.77. The van der Waals surface area contributed by atoms with Gasteiger partial charge in [-0.05, 0) is 25.5 Å². The molecule has 0 fully saturated rings. The Labute approximate surface area is 133 Å². The zero-order chi connectivity index (χ0) is 17.4. The lowest BCUT2D eigenvalue weighted by atomic mass is 10.1. The van der Waals surface area contributed by atoms with Gasteiger partial charge in [0, 0.05) is 12.0 Å². The summed E-state index contributed by atoms with van der Waals surface area (Å²) in [5.41, 5.74) is -0.0879. The third kappa shape index (κ3) is 5.91. The average molecular weight is 322 g/mol. The van der Waals surface area contributed by atoms with Crippen molar-refractivity contribution in [3.8, 4) is 0 Å². The lowest BCUT2D eigenvalue weighted by Crippen LogP contribution is -2.20. The summed E-state index contributed by atoms with van der Waals surface area (Å²) in [6.45, 7) is 4.98. The molecule has 1 unspecified atom stereocenters. The lowest BCUT2D eigenvalue weighted by molar-refractivity contribution is -0.139. The number of benzene rings is 1. The predicted molar refractivity (Wildman–Crippen MR) is 79.8 cm³/mol. The van der Waals surface area contributed by atoms with Gasteiger partial charge in [-0.2, -0.15) is 0 Å². The first kappa shape index (κ1) is 18.4. The Bertz CT molecular complexity index is 606. The van der Waals surface area contributed by atoms with Crippen LogP contribution in [0.1, 0.15) is 40.5 Å². The molecular formula is C16H18O7. The fourth-order valence-corrected chi connectivity index (χ4v) is 1.64. The lowest BCUT2D eigenvalue weighted by Gasteiger charge is -2.13. The second kappa shape index (κ2) is 8.70. The summed E-state index contributed by atoms with van der Waals surface area (Å²) >= 11 is 0. The van der Waals surface area contributed by atoms with Crippen LogP contribution in [0.2, 0.25) is 0 Å². The summed E-state index contributed by atoms with van der Waals surface area (Å²) < 4.78 is 9.60. The molecule has 2 N–H and O–H groups in total. The minimum absolute atomic E-state index is 0.0461. The molecule has 0 heterocycles. The summed E-state index contributed by atoms with van der Waals surface area (Å²) in [5, 5.41) is 18.6. The fourth-order valence-electron chi connectivity index (χ4n) is 1.64. The molecule has 1 aromatic carbocycles. The smallest absolute Gasteiger partial charge is 0.341 e. The summed E-state index contributed by atoms with van der Waals surface area (Å²) in [4.78, 5) is 34.0. The van der Waals surface area contributed by atoms with Gasteiger partial charge in [0.05, 0.1) is 17.7 Å². The van der Waals surface area contributed by atoms with Gasteiger partial charge in [-0.3, -0.25) is 0 Å². The predicted octanol–water partition coefficient (Wildman–Crippen LogP) is 1.76. The van der Waals surface area contributed by atoms with Crippen LogP contribution in [0.25, 0.3) is 0 Å². The largest absolute Gasteiger partial charge is 0.478 e. The summed E-state index contributed by atoms with van der Waals surface area (Å²) in [6, 6.07) is 5.54. The molecule has 0 aromatic heterocycles. The number of aromatic carboxylic acids is 1. The number of aliphatic hydroxyl groups excluding tert-OH is 1. The first-order valence-electron chi connectivity index (χ1n) is 6.87. The number of carbonyl (C=O) groups is 3. The quantitative estimate of drug-likeness (QED) is 0.325. The van der Waals surface area contributed by atoms with Gasteiger partial charge in [-0.1, -0.05) is 18.7 Å². The van der Waals surface area contributed by atoms with Crippen LogP contribution in [-0.2, 0) is 14.3 Å². The number of esters is 2. The van der Waals surface area contributed by atoms with Crippen LogP contribution in [0.15, 0.2) is 36.4 Å². The molecule has 0 aliphatic carbocycles. The van der Waals surface area contributed by atoms with Crippen LogP contribution >= 0.6 is 0 Å². The maximum atomic E-state index is 11.9. The highest BCUT2D eigenvalue weighted by molar-refractivity contribution is 6.02. The fraction of sp³-hybridized carbons (Fsp3) is 0.312. The van der Waals surface area contributed by atoms with E-state index in [0.717, 1.165) is 0 Å². The zero-order valence-electron chi connectivity index (χ0n) is 12.7. The molecule has 1 aromatic rings. The van der Waals surface area contributed by atoms with Crippen LogP contribution in [0.5, 0.6) is 0 Å². The molecule has 0 spiro atoms. The van der Waals surface area contributed by atoms with Crippen molar-refractivity contribution in [3.05, 3.63) is 47.5 Å². The van der Waals surface area contributed by atoms with E-state index in [9.17, 15) is 19.5 Å². The first-order valence-corrected chi connectivity index (χ1v) is 6.87. The van der Waals surface area contributed by atoms with Crippen LogP contribution < -0.4 is 0 Å². The van der Waals surface area contributed by atoms with Crippen molar-refractivity contribution in [1.29, 1.82) is 0 Å². The van der Waals surface area contributed by atoms with Crippen molar-refractivity contribution < 1.29 is 34.1 Å². The van der Waals surface area contributed by atoms with Crippen molar-refractivity contribution in [1.82, 2.24) is 0 Å². The monoisotopic (exact) mass is 322 g/mol. The van der Waals surface area contributed by atoms with Gasteiger partial charge >= 0.3 is 17.9 Å². The van der Waals surface area contributed by atoms with Crippen molar-refractivity contribution in [2.75, 3.05) is 6.61 Å². The van der Waals surface area contributed by atoms with Crippen molar-refractivity contribution in [2.24, 2.45) is 0 Å². The standard InChI is InChI=1S/C16H18O7/c1-10(2)15(20)22-9-5-8-13(17)23-16(21)12-7-4-3-6-11(12)14(18)19/h3-4,6-7,13,17H,1,5,8-9H2,2H3,(H,18,19). The minimum Gasteiger partial charge on any atom is -0.478 e. The Morgan fingerprint density at radius 2 is 1.83 bits per heavy atom. The maximum Gasteiger partial charge on any atom is 0.341 e. The molecule has 0 aliphatic heterocycles. The molecule has 0 saturated carbocycles. The Morgan fingerprint density at radius 1 is 1.22 bits per heavy atom. The number of carboxylic acid groups (broad SMARTS) is 1. The number of carboxylic acids is 1. The van der Waals surface area contributed by atoms with Gasteiger partial charge in [0.25, 0.3) is 0 Å². The van der Waals surface area contributed by atoms with Crippen LogP contribution in [0.3, 0.4) is 0 Å². The number of carbonyl (C=O) groups excluding carboxylic acids is 2. The highest BCUT2D eigenvalue weighted by Crippen LogP contribution is 2.12.